The van der Waals surface area contributed by atoms with E-state index in [-0.39, 0.29) is 6.04 Å². The van der Waals surface area contributed by atoms with Crippen molar-refractivity contribution in [3.05, 3.63) is 36.5 Å². The fourth-order valence-corrected chi connectivity index (χ4v) is 2.20. The third-order valence-corrected chi connectivity index (χ3v) is 3.43. The summed E-state index contributed by atoms with van der Waals surface area (Å²) in [5.74, 6) is 0.784. The molecule has 0 amide bonds. The molecule has 1 aromatic carbocycles. The van der Waals surface area contributed by atoms with Crippen molar-refractivity contribution in [3.8, 4) is 11.8 Å². The van der Waals surface area contributed by atoms with Crippen molar-refractivity contribution >= 4 is 10.9 Å². The number of pyridine rings is 1. The van der Waals surface area contributed by atoms with Gasteiger partial charge in [0.05, 0.1) is 18.7 Å². The lowest BCUT2D eigenvalue weighted by atomic mass is 10.2. The van der Waals surface area contributed by atoms with Crippen molar-refractivity contribution < 1.29 is 4.74 Å². The molecule has 4 heteroatoms. The molecule has 1 aromatic heterocycles. The van der Waals surface area contributed by atoms with Crippen molar-refractivity contribution in [1.29, 1.82) is 5.26 Å². The zero-order chi connectivity index (χ0) is 13.8. The van der Waals surface area contributed by atoms with Gasteiger partial charge >= 0.3 is 0 Å². The van der Waals surface area contributed by atoms with Crippen molar-refractivity contribution in [2.24, 2.45) is 0 Å². The molecule has 102 valence electrons. The molecule has 0 radical (unpaired) electrons. The second-order valence-corrected chi connectivity index (χ2v) is 5.09. The highest BCUT2D eigenvalue weighted by Crippen LogP contribution is 2.23. The normalized spacial score (nSPS) is 15.8. The topological polar surface area (TPSA) is 57.9 Å². The highest BCUT2D eigenvalue weighted by Gasteiger charge is 2.24. The molecule has 1 fully saturated rings. The van der Waals surface area contributed by atoms with Crippen molar-refractivity contribution in [1.82, 2.24) is 10.3 Å². The van der Waals surface area contributed by atoms with Crippen LogP contribution in [0.4, 0.5) is 0 Å². The molecule has 1 aliphatic rings. The lowest BCUT2D eigenvalue weighted by Gasteiger charge is -2.12. The van der Waals surface area contributed by atoms with Crippen LogP contribution in [0.1, 0.15) is 19.3 Å². The van der Waals surface area contributed by atoms with Crippen LogP contribution in [0.25, 0.3) is 10.9 Å². The molecule has 0 aliphatic heterocycles. The third kappa shape index (κ3) is 3.06. The summed E-state index contributed by atoms with van der Waals surface area (Å²) in [6, 6.07) is 12.5. The van der Waals surface area contributed by atoms with Gasteiger partial charge in [0.15, 0.2) is 0 Å². The van der Waals surface area contributed by atoms with Gasteiger partial charge in [-0.3, -0.25) is 10.3 Å². The number of para-hydroxylation sites is 1. The summed E-state index contributed by atoms with van der Waals surface area (Å²) in [4.78, 5) is 4.35. The minimum absolute atomic E-state index is 0.120. The van der Waals surface area contributed by atoms with Crippen LogP contribution in [-0.2, 0) is 0 Å². The van der Waals surface area contributed by atoms with Crippen LogP contribution < -0.4 is 10.1 Å². The van der Waals surface area contributed by atoms with Crippen LogP contribution >= 0.6 is 0 Å². The second kappa shape index (κ2) is 5.89. The molecule has 4 nitrogen and oxygen atoms in total. The first-order valence-corrected chi connectivity index (χ1v) is 6.99. The second-order valence-electron chi connectivity index (χ2n) is 5.09. The lowest BCUT2D eigenvalue weighted by molar-refractivity contribution is 0.300. The number of hydrogen-bond acceptors (Lipinski definition) is 4. The zero-order valence-electron chi connectivity index (χ0n) is 11.2. The molecule has 2 aromatic rings. The maximum atomic E-state index is 9.09. The fraction of sp³-hybridized carbons (Fsp3) is 0.375. The minimum atomic E-state index is -0.120. The largest absolute Gasteiger partial charge is 0.491 e. The third-order valence-electron chi connectivity index (χ3n) is 3.43. The van der Waals surface area contributed by atoms with Crippen LogP contribution in [0.15, 0.2) is 36.5 Å². The quantitative estimate of drug-likeness (QED) is 0.874. The number of aromatic nitrogens is 1. The average Bonchev–Trinajstić information content (AvgIpc) is 3.30. The fourth-order valence-electron chi connectivity index (χ4n) is 2.20. The van der Waals surface area contributed by atoms with Crippen LogP contribution in [0, 0.1) is 11.3 Å². The van der Waals surface area contributed by atoms with E-state index in [1.165, 1.54) is 12.8 Å². The standard InChI is InChI=1S/C16H17N3O/c17-11-14(19-13-6-7-13)8-10-20-15-5-1-3-12-4-2-9-18-16(12)15/h1-5,9,13-14,19H,6-8,10H2. The zero-order valence-corrected chi connectivity index (χ0v) is 11.2. The first kappa shape index (κ1) is 12.9. The van der Waals surface area contributed by atoms with Crippen LogP contribution in [0.3, 0.4) is 0 Å². The summed E-state index contributed by atoms with van der Waals surface area (Å²) < 4.78 is 5.80. The number of nitriles is 1. The highest BCUT2D eigenvalue weighted by atomic mass is 16.5. The van der Waals surface area contributed by atoms with E-state index in [1.807, 2.05) is 30.3 Å². The summed E-state index contributed by atoms with van der Waals surface area (Å²) in [5, 5.41) is 13.5. The van der Waals surface area contributed by atoms with E-state index in [2.05, 4.69) is 16.4 Å². The van der Waals surface area contributed by atoms with E-state index in [9.17, 15) is 0 Å². The number of rotatable bonds is 6. The number of hydrogen-bond donors (Lipinski definition) is 1. The SMILES string of the molecule is N#CC(CCOc1cccc2cccnc12)NC1CC1. The number of ether oxygens (including phenoxy) is 1. The van der Waals surface area contributed by atoms with E-state index in [0.29, 0.717) is 19.1 Å². The van der Waals surface area contributed by atoms with Crippen molar-refractivity contribution in [3.63, 3.8) is 0 Å². The van der Waals surface area contributed by atoms with Crippen LogP contribution in [0.2, 0.25) is 0 Å². The Balaban J connectivity index is 1.60. The molecule has 20 heavy (non-hydrogen) atoms. The van der Waals surface area contributed by atoms with E-state index >= 15 is 0 Å². The molecular formula is C16H17N3O. The highest BCUT2D eigenvalue weighted by molar-refractivity contribution is 5.84. The predicted molar refractivity (Wildman–Crippen MR) is 77.4 cm³/mol. The number of nitrogens with one attached hydrogen (secondary N) is 1. The van der Waals surface area contributed by atoms with Gasteiger partial charge in [0.25, 0.3) is 0 Å². The number of nitrogens with zero attached hydrogens (tertiary/aromatic N) is 2. The van der Waals surface area contributed by atoms with Gasteiger partial charge in [-0.1, -0.05) is 18.2 Å². The molecule has 1 aliphatic carbocycles. The van der Waals surface area contributed by atoms with E-state index in [0.717, 1.165) is 16.7 Å². The summed E-state index contributed by atoms with van der Waals surface area (Å²) in [6.45, 7) is 0.521. The summed E-state index contributed by atoms with van der Waals surface area (Å²) in [5.41, 5.74) is 0.874. The summed E-state index contributed by atoms with van der Waals surface area (Å²) >= 11 is 0. The molecule has 1 unspecified atom stereocenters. The smallest absolute Gasteiger partial charge is 0.145 e. The summed E-state index contributed by atoms with van der Waals surface area (Å²) in [7, 11) is 0. The molecule has 0 bridgehead atoms. The Bertz CT molecular complexity index is 626. The van der Waals surface area contributed by atoms with Gasteiger partial charge in [0.1, 0.15) is 11.3 Å². The van der Waals surface area contributed by atoms with Gasteiger partial charge in [-0.2, -0.15) is 5.26 Å². The number of benzene rings is 1. The monoisotopic (exact) mass is 267 g/mol. The minimum Gasteiger partial charge on any atom is -0.491 e. The van der Waals surface area contributed by atoms with Crippen LogP contribution in [-0.4, -0.2) is 23.7 Å². The van der Waals surface area contributed by atoms with Crippen LogP contribution in [0.5, 0.6) is 5.75 Å². The maximum absolute atomic E-state index is 9.09. The number of fused-ring (bicyclic) bond motifs is 1. The van der Waals surface area contributed by atoms with E-state index < -0.39 is 0 Å². The molecular weight excluding hydrogens is 250 g/mol. The van der Waals surface area contributed by atoms with Gasteiger partial charge in [-0.05, 0) is 25.0 Å². The lowest BCUT2D eigenvalue weighted by Crippen LogP contribution is -2.31. The first-order chi connectivity index (χ1) is 9.86. The molecule has 1 N–H and O–H groups in total. The Kier molecular flexibility index (Phi) is 3.80. The maximum Gasteiger partial charge on any atom is 0.145 e. The molecule has 0 spiro atoms. The average molecular weight is 267 g/mol. The Morgan fingerprint density at radius 3 is 3.00 bits per heavy atom. The van der Waals surface area contributed by atoms with Gasteiger partial charge in [-0.15, -0.1) is 0 Å². The predicted octanol–water partition coefficient (Wildman–Crippen LogP) is 2.65. The molecule has 3 rings (SSSR count). The molecule has 1 saturated carbocycles. The van der Waals surface area contributed by atoms with E-state index in [4.69, 9.17) is 10.00 Å². The molecule has 0 saturated heterocycles. The molecule has 1 atom stereocenters. The van der Waals surface area contributed by atoms with Gasteiger partial charge < -0.3 is 4.74 Å². The van der Waals surface area contributed by atoms with Gasteiger partial charge in [0.2, 0.25) is 0 Å². The molecule has 1 heterocycles. The Morgan fingerprint density at radius 2 is 2.20 bits per heavy atom. The van der Waals surface area contributed by atoms with Crippen molar-refractivity contribution in [2.75, 3.05) is 6.61 Å². The van der Waals surface area contributed by atoms with Gasteiger partial charge in [-0.25, -0.2) is 0 Å². The Labute approximate surface area is 118 Å². The first-order valence-electron chi connectivity index (χ1n) is 6.99. The Hall–Kier alpha value is -2.12. The summed E-state index contributed by atoms with van der Waals surface area (Å²) in [6.07, 6.45) is 4.83. The van der Waals surface area contributed by atoms with Crippen molar-refractivity contribution in [2.45, 2.75) is 31.3 Å². The van der Waals surface area contributed by atoms with Gasteiger partial charge in [0, 0.05) is 24.0 Å². The van der Waals surface area contributed by atoms with E-state index in [1.54, 1.807) is 6.20 Å². The Morgan fingerprint density at radius 1 is 1.35 bits per heavy atom.